The summed E-state index contributed by atoms with van der Waals surface area (Å²) in [5.74, 6) is 0.803. The van der Waals surface area contributed by atoms with Gasteiger partial charge in [0.15, 0.2) is 0 Å². The largest absolute Gasteiger partial charge is 0.490 e. The van der Waals surface area contributed by atoms with Gasteiger partial charge in [-0.2, -0.15) is 0 Å². The maximum Gasteiger partial charge on any atom is 0.261 e. The van der Waals surface area contributed by atoms with Crippen molar-refractivity contribution in [2.45, 2.75) is 50.4 Å². The maximum atomic E-state index is 13.1. The summed E-state index contributed by atoms with van der Waals surface area (Å²) in [4.78, 5) is 36.1. The van der Waals surface area contributed by atoms with E-state index in [4.69, 9.17) is 4.74 Å². The molecule has 7 heteroatoms. The summed E-state index contributed by atoms with van der Waals surface area (Å²) in [7, 11) is 0. The van der Waals surface area contributed by atoms with Gasteiger partial charge >= 0.3 is 0 Å². The predicted octanol–water partition coefficient (Wildman–Crippen LogP) is 2.39. The normalized spacial score (nSPS) is 23.3. The van der Waals surface area contributed by atoms with Gasteiger partial charge in [0.1, 0.15) is 18.4 Å². The fourth-order valence-electron chi connectivity index (χ4n) is 4.69. The number of pyridine rings is 1. The topological polar surface area (TPSA) is 77.3 Å². The van der Waals surface area contributed by atoms with Crippen molar-refractivity contribution >= 4 is 16.8 Å². The molecule has 2 bridgehead atoms. The number of aromatic nitrogens is 3. The molecule has 3 aromatic rings. The fraction of sp³-hybridized carbons (Fsp3) is 0.364. The Morgan fingerprint density at radius 2 is 1.79 bits per heavy atom. The number of nitrogens with zero attached hydrogens (tertiary/aromatic N) is 4. The second kappa shape index (κ2) is 7.31. The molecule has 2 atom stereocenters. The molecule has 0 saturated carbocycles. The quantitative estimate of drug-likeness (QED) is 0.684. The lowest BCUT2D eigenvalue weighted by molar-refractivity contribution is -0.137. The molecule has 2 aliphatic rings. The first kappa shape index (κ1) is 17.8. The minimum atomic E-state index is -0.174. The number of hydrogen-bond donors (Lipinski definition) is 0. The van der Waals surface area contributed by atoms with Crippen molar-refractivity contribution in [3.05, 3.63) is 65.5 Å². The minimum Gasteiger partial charge on any atom is -0.490 e. The molecule has 0 aliphatic carbocycles. The Hall–Kier alpha value is -3.22. The van der Waals surface area contributed by atoms with Crippen LogP contribution in [0.5, 0.6) is 5.75 Å². The third-order valence-electron chi connectivity index (χ3n) is 5.97. The number of carbonyl (C=O) groups excluding carboxylic acids is 1. The lowest BCUT2D eigenvalue weighted by Gasteiger charge is -2.39. The molecule has 5 rings (SSSR count). The SMILES string of the molecule is O=C(Cn1cnc2ccccc2c1=O)N1C2CCC1CC(Oc1ccncc1)C2. The molecule has 0 spiro atoms. The number of benzene rings is 1. The highest BCUT2D eigenvalue weighted by Gasteiger charge is 2.43. The monoisotopic (exact) mass is 390 g/mol. The lowest BCUT2D eigenvalue weighted by atomic mass is 9.99. The van der Waals surface area contributed by atoms with Gasteiger partial charge in [0.05, 0.1) is 17.2 Å². The highest BCUT2D eigenvalue weighted by Crippen LogP contribution is 2.37. The summed E-state index contributed by atoms with van der Waals surface area (Å²) in [6.07, 6.45) is 8.61. The Kier molecular flexibility index (Phi) is 4.50. The number of carbonyl (C=O) groups is 1. The summed E-state index contributed by atoms with van der Waals surface area (Å²) in [5.41, 5.74) is 0.475. The number of ether oxygens (including phenoxy) is 1. The van der Waals surface area contributed by atoms with Crippen LogP contribution in [0, 0.1) is 0 Å². The van der Waals surface area contributed by atoms with Crippen molar-refractivity contribution in [2.75, 3.05) is 0 Å². The molecular weight excluding hydrogens is 368 g/mol. The van der Waals surface area contributed by atoms with Crippen LogP contribution in [0.1, 0.15) is 25.7 Å². The summed E-state index contributed by atoms with van der Waals surface area (Å²) in [6.45, 7) is 0.0273. The van der Waals surface area contributed by atoms with E-state index in [9.17, 15) is 9.59 Å². The van der Waals surface area contributed by atoms with E-state index in [0.29, 0.717) is 10.9 Å². The zero-order valence-corrected chi connectivity index (χ0v) is 16.0. The van der Waals surface area contributed by atoms with Gasteiger partial charge in [0.2, 0.25) is 5.91 Å². The van der Waals surface area contributed by atoms with Crippen molar-refractivity contribution in [3.63, 3.8) is 0 Å². The van der Waals surface area contributed by atoms with Crippen LogP contribution in [0.3, 0.4) is 0 Å². The van der Waals surface area contributed by atoms with E-state index in [0.717, 1.165) is 31.4 Å². The van der Waals surface area contributed by atoms with E-state index in [2.05, 4.69) is 9.97 Å². The van der Waals surface area contributed by atoms with Gasteiger partial charge in [-0.3, -0.25) is 19.1 Å². The Morgan fingerprint density at radius 1 is 1.07 bits per heavy atom. The number of piperidine rings is 1. The molecule has 2 aromatic heterocycles. The molecule has 148 valence electrons. The molecule has 0 N–H and O–H groups in total. The molecule has 2 unspecified atom stereocenters. The first-order valence-electron chi connectivity index (χ1n) is 10.0. The minimum absolute atomic E-state index is 0.0148. The Balaban J connectivity index is 1.30. The number of rotatable bonds is 4. The number of fused-ring (bicyclic) bond motifs is 3. The lowest BCUT2D eigenvalue weighted by Crippen LogP contribution is -2.50. The molecule has 29 heavy (non-hydrogen) atoms. The van der Waals surface area contributed by atoms with E-state index in [1.54, 1.807) is 24.5 Å². The second-order valence-electron chi connectivity index (χ2n) is 7.77. The van der Waals surface area contributed by atoms with Crippen molar-refractivity contribution in [2.24, 2.45) is 0 Å². The van der Waals surface area contributed by atoms with Crippen molar-refractivity contribution in [1.29, 1.82) is 0 Å². The average Bonchev–Trinajstić information content (AvgIpc) is 3.02. The van der Waals surface area contributed by atoms with E-state index in [1.807, 2.05) is 29.2 Å². The van der Waals surface area contributed by atoms with Gasteiger partial charge in [-0.15, -0.1) is 0 Å². The maximum absolute atomic E-state index is 13.1. The summed E-state index contributed by atoms with van der Waals surface area (Å²) in [6, 6.07) is 11.3. The van der Waals surface area contributed by atoms with E-state index < -0.39 is 0 Å². The number of para-hydroxylation sites is 1. The standard InChI is InChI=1S/C22H22N4O3/c27-21(13-25-14-24-20-4-2-1-3-19(20)22(25)28)26-15-5-6-16(26)12-18(11-15)29-17-7-9-23-10-8-17/h1-4,7-10,14-16,18H,5-6,11-13H2. The second-order valence-corrected chi connectivity index (χ2v) is 7.77. The summed E-state index contributed by atoms with van der Waals surface area (Å²) < 4.78 is 7.53. The number of hydrogen-bond acceptors (Lipinski definition) is 5. The smallest absolute Gasteiger partial charge is 0.261 e. The highest BCUT2D eigenvalue weighted by atomic mass is 16.5. The van der Waals surface area contributed by atoms with E-state index in [-0.39, 0.29) is 36.2 Å². The predicted molar refractivity (Wildman–Crippen MR) is 108 cm³/mol. The Bertz CT molecular complexity index is 1080. The van der Waals surface area contributed by atoms with Gasteiger partial charge in [0.25, 0.3) is 5.56 Å². The summed E-state index contributed by atoms with van der Waals surface area (Å²) >= 11 is 0. The van der Waals surface area contributed by atoms with E-state index in [1.165, 1.54) is 10.9 Å². The first-order chi connectivity index (χ1) is 14.2. The van der Waals surface area contributed by atoms with Gasteiger partial charge < -0.3 is 9.64 Å². The highest BCUT2D eigenvalue weighted by molar-refractivity contribution is 5.79. The van der Waals surface area contributed by atoms with Crippen molar-refractivity contribution in [1.82, 2.24) is 19.4 Å². The molecule has 7 nitrogen and oxygen atoms in total. The molecule has 2 aliphatic heterocycles. The van der Waals surface area contributed by atoms with Crippen LogP contribution in [-0.4, -0.2) is 43.5 Å². The van der Waals surface area contributed by atoms with Gasteiger partial charge in [0, 0.05) is 37.3 Å². The van der Waals surface area contributed by atoms with Gasteiger partial charge in [-0.1, -0.05) is 12.1 Å². The fourth-order valence-corrected chi connectivity index (χ4v) is 4.69. The van der Waals surface area contributed by atoms with Crippen LogP contribution in [-0.2, 0) is 11.3 Å². The van der Waals surface area contributed by atoms with E-state index >= 15 is 0 Å². The number of amides is 1. The van der Waals surface area contributed by atoms with Crippen LogP contribution in [0.15, 0.2) is 59.9 Å². The molecule has 1 amide bonds. The Labute approximate surface area is 168 Å². The van der Waals surface area contributed by atoms with Gasteiger partial charge in [-0.25, -0.2) is 4.98 Å². The molecular formula is C22H22N4O3. The van der Waals surface area contributed by atoms with Crippen LogP contribution in [0.4, 0.5) is 0 Å². The Morgan fingerprint density at radius 3 is 2.55 bits per heavy atom. The van der Waals surface area contributed by atoms with Crippen LogP contribution in [0.25, 0.3) is 10.9 Å². The van der Waals surface area contributed by atoms with Gasteiger partial charge in [-0.05, 0) is 37.1 Å². The van der Waals surface area contributed by atoms with Crippen molar-refractivity contribution < 1.29 is 9.53 Å². The molecule has 2 saturated heterocycles. The van der Waals surface area contributed by atoms with Crippen LogP contribution in [0.2, 0.25) is 0 Å². The molecule has 1 aromatic carbocycles. The average molecular weight is 390 g/mol. The third kappa shape index (κ3) is 3.37. The molecule has 2 fully saturated rings. The van der Waals surface area contributed by atoms with Crippen molar-refractivity contribution in [3.8, 4) is 5.75 Å². The summed E-state index contributed by atoms with van der Waals surface area (Å²) in [5, 5.41) is 0.537. The van der Waals surface area contributed by atoms with Crippen LogP contribution >= 0.6 is 0 Å². The van der Waals surface area contributed by atoms with Crippen LogP contribution < -0.4 is 10.3 Å². The molecule has 4 heterocycles. The first-order valence-corrected chi connectivity index (χ1v) is 10.0. The zero-order valence-electron chi connectivity index (χ0n) is 16.0. The molecule has 0 radical (unpaired) electrons. The zero-order chi connectivity index (χ0) is 19.8. The third-order valence-corrected chi connectivity index (χ3v) is 5.97.